The first-order valence-electron chi connectivity index (χ1n) is 4.20. The molecule has 0 saturated carbocycles. The van der Waals surface area contributed by atoms with Crippen LogP contribution in [0.4, 0.5) is 0 Å². The third-order valence-electron chi connectivity index (χ3n) is 1.18. The van der Waals surface area contributed by atoms with Crippen LogP contribution in [0, 0.1) is 0 Å². The predicted octanol–water partition coefficient (Wildman–Crippen LogP) is -0.992. The van der Waals surface area contributed by atoms with E-state index in [1.54, 1.807) is 13.8 Å². The van der Waals surface area contributed by atoms with Crippen LogP contribution < -0.4 is 10.6 Å². The van der Waals surface area contributed by atoms with Gasteiger partial charge >= 0.3 is 11.8 Å². The van der Waals surface area contributed by atoms with Crippen LogP contribution in [0.5, 0.6) is 0 Å². The molecule has 0 saturated heterocycles. The molecule has 0 radical (unpaired) electrons. The molecule has 2 amide bonds. The molecule has 0 bridgehead atoms. The topological polar surface area (TPSA) is 78.4 Å². The van der Waals surface area contributed by atoms with Gasteiger partial charge < -0.3 is 15.7 Å². The molecule has 0 aromatic heterocycles. The summed E-state index contributed by atoms with van der Waals surface area (Å²) in [6.45, 7) is 5.14. The van der Waals surface area contributed by atoms with Gasteiger partial charge in [-0.15, -0.1) is 0 Å². The summed E-state index contributed by atoms with van der Waals surface area (Å²) in [6.07, 6.45) is -0.643. The maximum absolute atomic E-state index is 11.0. The molecular weight excluding hydrogens is 172 g/mol. The minimum atomic E-state index is -0.713. The minimum absolute atomic E-state index is 0.0650. The zero-order valence-electron chi connectivity index (χ0n) is 8.13. The van der Waals surface area contributed by atoms with Gasteiger partial charge in [-0.05, 0) is 20.8 Å². The zero-order valence-corrected chi connectivity index (χ0v) is 8.13. The molecule has 0 unspecified atom stereocenters. The fraction of sp³-hybridized carbons (Fsp3) is 0.750. The molecule has 3 N–H and O–H groups in total. The van der Waals surface area contributed by atoms with Crippen molar-refractivity contribution in [3.8, 4) is 0 Å². The second kappa shape index (κ2) is 5.53. The lowest BCUT2D eigenvalue weighted by Crippen LogP contribution is -2.44. The van der Waals surface area contributed by atoms with E-state index in [4.69, 9.17) is 5.11 Å². The number of carbonyl (C=O) groups excluding carboxylic acids is 2. The first kappa shape index (κ1) is 11.9. The van der Waals surface area contributed by atoms with Crippen molar-refractivity contribution in [3.05, 3.63) is 0 Å². The Morgan fingerprint density at radius 1 is 1.23 bits per heavy atom. The smallest absolute Gasteiger partial charge is 0.309 e. The van der Waals surface area contributed by atoms with Crippen molar-refractivity contribution in [2.75, 3.05) is 6.54 Å². The summed E-state index contributed by atoms with van der Waals surface area (Å²) in [6, 6.07) is -0.0650. The highest BCUT2D eigenvalue weighted by Gasteiger charge is 2.13. The number of hydrogen-bond donors (Lipinski definition) is 3. The van der Waals surface area contributed by atoms with E-state index in [0.29, 0.717) is 0 Å². The normalized spacial score (nSPS) is 12.4. The van der Waals surface area contributed by atoms with Crippen molar-refractivity contribution in [2.24, 2.45) is 0 Å². The molecule has 0 rings (SSSR count). The Hall–Kier alpha value is -1.10. The molecule has 1 atom stereocenters. The van der Waals surface area contributed by atoms with E-state index in [1.807, 2.05) is 0 Å². The van der Waals surface area contributed by atoms with Crippen molar-refractivity contribution >= 4 is 11.8 Å². The van der Waals surface area contributed by atoms with E-state index >= 15 is 0 Å². The van der Waals surface area contributed by atoms with Crippen molar-refractivity contribution in [1.29, 1.82) is 0 Å². The largest absolute Gasteiger partial charge is 0.392 e. The van der Waals surface area contributed by atoms with E-state index in [9.17, 15) is 9.59 Å². The average molecular weight is 188 g/mol. The SMILES string of the molecule is CC(C)NC(=O)C(=O)NC[C@@H](C)O. The van der Waals surface area contributed by atoms with Crippen LogP contribution in [-0.2, 0) is 9.59 Å². The third-order valence-corrected chi connectivity index (χ3v) is 1.18. The standard InChI is InChI=1S/C8H16N2O3/c1-5(2)10-8(13)7(12)9-4-6(3)11/h5-6,11H,4H2,1-3H3,(H,9,12)(H,10,13)/t6-/m1/s1. The van der Waals surface area contributed by atoms with E-state index in [1.165, 1.54) is 6.92 Å². The monoisotopic (exact) mass is 188 g/mol. The van der Waals surface area contributed by atoms with Crippen LogP contribution in [0.2, 0.25) is 0 Å². The molecule has 0 aromatic rings. The van der Waals surface area contributed by atoms with E-state index in [-0.39, 0.29) is 12.6 Å². The second-order valence-corrected chi connectivity index (χ2v) is 3.19. The molecule has 76 valence electrons. The number of hydrogen-bond acceptors (Lipinski definition) is 3. The van der Waals surface area contributed by atoms with Crippen molar-refractivity contribution in [3.63, 3.8) is 0 Å². The first-order chi connectivity index (χ1) is 5.93. The molecule has 0 aliphatic carbocycles. The van der Waals surface area contributed by atoms with Gasteiger partial charge in [0.05, 0.1) is 6.10 Å². The van der Waals surface area contributed by atoms with Crippen LogP contribution >= 0.6 is 0 Å². The number of aliphatic hydroxyl groups is 1. The van der Waals surface area contributed by atoms with Gasteiger partial charge in [-0.1, -0.05) is 0 Å². The summed E-state index contributed by atoms with van der Waals surface area (Å²) in [5.41, 5.74) is 0. The fourth-order valence-corrected chi connectivity index (χ4v) is 0.648. The number of amides is 2. The summed E-state index contributed by atoms with van der Waals surface area (Å²) in [4.78, 5) is 21.9. The maximum Gasteiger partial charge on any atom is 0.309 e. The zero-order chi connectivity index (χ0) is 10.4. The third kappa shape index (κ3) is 6.10. The van der Waals surface area contributed by atoms with Crippen LogP contribution in [0.1, 0.15) is 20.8 Å². The number of aliphatic hydroxyl groups excluding tert-OH is 1. The van der Waals surface area contributed by atoms with Gasteiger partial charge in [-0.2, -0.15) is 0 Å². The number of rotatable bonds is 3. The summed E-state index contributed by atoms with van der Waals surface area (Å²) in [5.74, 6) is -1.38. The van der Waals surface area contributed by atoms with Gasteiger partial charge in [0.2, 0.25) is 0 Å². The van der Waals surface area contributed by atoms with Gasteiger partial charge in [0.1, 0.15) is 0 Å². The average Bonchev–Trinajstić information content (AvgIpc) is 1.98. The molecule has 0 fully saturated rings. The quantitative estimate of drug-likeness (QED) is 0.497. The molecule has 0 heterocycles. The van der Waals surface area contributed by atoms with E-state index in [2.05, 4.69) is 10.6 Å². The molecular formula is C8H16N2O3. The Labute approximate surface area is 77.5 Å². The van der Waals surface area contributed by atoms with E-state index in [0.717, 1.165) is 0 Å². The molecule has 0 aliphatic heterocycles. The summed E-state index contributed by atoms with van der Waals surface area (Å²) in [7, 11) is 0. The molecule has 0 aliphatic rings. The lowest BCUT2D eigenvalue weighted by molar-refractivity contribution is -0.139. The fourth-order valence-electron chi connectivity index (χ4n) is 0.648. The highest BCUT2D eigenvalue weighted by Crippen LogP contribution is 1.79. The minimum Gasteiger partial charge on any atom is -0.392 e. The van der Waals surface area contributed by atoms with E-state index < -0.39 is 17.9 Å². The summed E-state index contributed by atoms with van der Waals surface area (Å²) < 4.78 is 0. The molecule has 5 nitrogen and oxygen atoms in total. The van der Waals surface area contributed by atoms with Gasteiger partial charge in [-0.3, -0.25) is 9.59 Å². The highest BCUT2D eigenvalue weighted by atomic mass is 16.3. The number of nitrogens with one attached hydrogen (secondary N) is 2. The van der Waals surface area contributed by atoms with Crippen molar-refractivity contribution in [1.82, 2.24) is 10.6 Å². The Bertz CT molecular complexity index is 190. The van der Waals surface area contributed by atoms with Crippen LogP contribution in [0.15, 0.2) is 0 Å². The van der Waals surface area contributed by atoms with Crippen LogP contribution in [-0.4, -0.2) is 35.6 Å². The molecule has 13 heavy (non-hydrogen) atoms. The van der Waals surface area contributed by atoms with Crippen LogP contribution in [0.25, 0.3) is 0 Å². The number of carbonyl (C=O) groups is 2. The molecule has 0 aromatic carbocycles. The molecule has 0 spiro atoms. The first-order valence-corrected chi connectivity index (χ1v) is 4.20. The Kier molecular flexibility index (Phi) is 5.06. The summed E-state index contributed by atoms with van der Waals surface area (Å²) >= 11 is 0. The van der Waals surface area contributed by atoms with Gasteiger partial charge in [0.15, 0.2) is 0 Å². The molecule has 5 heteroatoms. The Morgan fingerprint density at radius 3 is 2.15 bits per heavy atom. The van der Waals surface area contributed by atoms with Crippen molar-refractivity contribution < 1.29 is 14.7 Å². The summed E-state index contributed by atoms with van der Waals surface area (Å²) in [5, 5.41) is 13.5. The predicted molar refractivity (Wildman–Crippen MR) is 48.0 cm³/mol. The Balaban J connectivity index is 3.77. The lowest BCUT2D eigenvalue weighted by atomic mass is 10.3. The van der Waals surface area contributed by atoms with Gasteiger partial charge in [-0.25, -0.2) is 0 Å². The highest BCUT2D eigenvalue weighted by molar-refractivity contribution is 6.35. The Morgan fingerprint density at radius 2 is 1.77 bits per heavy atom. The van der Waals surface area contributed by atoms with Gasteiger partial charge in [0, 0.05) is 12.6 Å². The second-order valence-electron chi connectivity index (χ2n) is 3.19. The van der Waals surface area contributed by atoms with Crippen LogP contribution in [0.3, 0.4) is 0 Å². The maximum atomic E-state index is 11.0. The van der Waals surface area contributed by atoms with Crippen molar-refractivity contribution in [2.45, 2.75) is 32.9 Å². The lowest BCUT2D eigenvalue weighted by Gasteiger charge is -2.09. The van der Waals surface area contributed by atoms with Gasteiger partial charge in [0.25, 0.3) is 0 Å².